The largest absolute Gasteiger partial charge is 0.364 e. The van der Waals surface area contributed by atoms with Crippen LogP contribution in [0.2, 0.25) is 0 Å². The second-order valence-corrected chi connectivity index (χ2v) is 1.91. The van der Waals surface area contributed by atoms with E-state index in [-0.39, 0.29) is 5.91 Å². The van der Waals surface area contributed by atoms with Gasteiger partial charge in [0.05, 0.1) is 11.8 Å². The Morgan fingerprint density at radius 2 is 2.73 bits per heavy atom. The van der Waals surface area contributed by atoms with E-state index in [4.69, 9.17) is 0 Å². The van der Waals surface area contributed by atoms with Gasteiger partial charge in [-0.05, 0) is 0 Å². The van der Waals surface area contributed by atoms with Crippen LogP contribution in [0.5, 0.6) is 0 Å². The highest BCUT2D eigenvalue weighted by Crippen LogP contribution is 1.94. The zero-order valence-corrected chi connectivity index (χ0v) is 5.91. The van der Waals surface area contributed by atoms with E-state index in [9.17, 15) is 4.79 Å². The van der Waals surface area contributed by atoms with Crippen molar-refractivity contribution in [2.45, 2.75) is 0 Å². The first-order chi connectivity index (χ1) is 5.34. The molecule has 0 bridgehead atoms. The predicted molar refractivity (Wildman–Crippen MR) is 39.0 cm³/mol. The normalized spacial score (nSPS) is 9.09. The number of nitrogens with one attached hydrogen (secondary N) is 1. The quantitative estimate of drug-likeness (QED) is 0.645. The highest BCUT2D eigenvalue weighted by molar-refractivity contribution is 5.93. The Morgan fingerprint density at radius 3 is 3.27 bits per heavy atom. The smallest absolute Gasteiger partial charge is 0.256 e. The molecule has 0 aliphatic carbocycles. The van der Waals surface area contributed by atoms with Gasteiger partial charge in [0.2, 0.25) is 0 Å². The molecule has 1 rings (SSSR count). The first-order valence-electron chi connectivity index (χ1n) is 3.13. The van der Waals surface area contributed by atoms with Crippen LogP contribution in [0, 0.1) is 0 Å². The number of aromatic nitrogens is 1. The van der Waals surface area contributed by atoms with E-state index in [1.807, 2.05) is 0 Å². The number of rotatable bonds is 3. The highest BCUT2D eigenvalue weighted by Gasteiger charge is 2.04. The van der Waals surface area contributed by atoms with Crippen LogP contribution in [0.4, 0.5) is 0 Å². The third kappa shape index (κ3) is 1.93. The minimum Gasteiger partial charge on any atom is -0.364 e. The van der Waals surface area contributed by atoms with Crippen molar-refractivity contribution in [2.24, 2.45) is 0 Å². The lowest BCUT2D eigenvalue weighted by Crippen LogP contribution is -2.22. The number of carbonyl (C=O) groups excluding carboxylic acids is 1. The van der Waals surface area contributed by atoms with Gasteiger partial charge in [0, 0.05) is 6.54 Å². The molecule has 0 atom stereocenters. The summed E-state index contributed by atoms with van der Waals surface area (Å²) in [6.45, 7) is 3.91. The van der Waals surface area contributed by atoms with Gasteiger partial charge in [0.15, 0.2) is 0 Å². The fourth-order valence-electron chi connectivity index (χ4n) is 0.584. The molecule has 1 amide bonds. The van der Waals surface area contributed by atoms with E-state index in [0.717, 1.165) is 0 Å². The summed E-state index contributed by atoms with van der Waals surface area (Å²) >= 11 is 0. The van der Waals surface area contributed by atoms with Gasteiger partial charge < -0.3 is 9.84 Å². The van der Waals surface area contributed by atoms with Crippen molar-refractivity contribution in [3.05, 3.63) is 30.7 Å². The maximum Gasteiger partial charge on any atom is 0.256 e. The molecule has 0 aromatic carbocycles. The lowest BCUT2D eigenvalue weighted by Gasteiger charge is -1.95. The molecule has 0 radical (unpaired) electrons. The number of amides is 1. The van der Waals surface area contributed by atoms with Gasteiger partial charge in [0.1, 0.15) is 6.26 Å². The van der Waals surface area contributed by atoms with Gasteiger partial charge in [-0.25, -0.2) is 0 Å². The first-order valence-corrected chi connectivity index (χ1v) is 3.13. The van der Waals surface area contributed by atoms with E-state index in [0.29, 0.717) is 12.1 Å². The summed E-state index contributed by atoms with van der Waals surface area (Å²) in [5, 5.41) is 5.97. The van der Waals surface area contributed by atoms with Gasteiger partial charge in [-0.3, -0.25) is 4.79 Å². The SMILES string of the molecule is C=CCNC(=O)c1cnoc1. The van der Waals surface area contributed by atoms with Crippen LogP contribution >= 0.6 is 0 Å². The van der Waals surface area contributed by atoms with E-state index < -0.39 is 0 Å². The lowest BCUT2D eigenvalue weighted by molar-refractivity contribution is 0.0957. The molecule has 0 aliphatic heterocycles. The Balaban J connectivity index is 2.49. The molecular formula is C7H8N2O2. The van der Waals surface area contributed by atoms with Gasteiger partial charge in [-0.15, -0.1) is 6.58 Å². The van der Waals surface area contributed by atoms with E-state index in [1.54, 1.807) is 6.08 Å². The Labute approximate surface area is 63.9 Å². The molecule has 58 valence electrons. The summed E-state index contributed by atoms with van der Waals surface area (Å²) in [5.41, 5.74) is 0.423. The Bertz CT molecular complexity index is 241. The summed E-state index contributed by atoms with van der Waals surface area (Å²) in [6.07, 6.45) is 4.25. The molecule has 1 aromatic rings. The molecule has 0 fully saturated rings. The van der Waals surface area contributed by atoms with Gasteiger partial charge in [-0.1, -0.05) is 11.2 Å². The van der Waals surface area contributed by atoms with E-state index >= 15 is 0 Å². The maximum absolute atomic E-state index is 11.0. The third-order valence-corrected chi connectivity index (χ3v) is 1.10. The number of hydrogen-bond donors (Lipinski definition) is 1. The fourth-order valence-corrected chi connectivity index (χ4v) is 0.584. The van der Waals surface area contributed by atoms with Crippen LogP contribution < -0.4 is 5.32 Å². The molecule has 1 heterocycles. The van der Waals surface area contributed by atoms with E-state index in [1.165, 1.54) is 12.5 Å². The minimum absolute atomic E-state index is 0.203. The molecule has 0 aliphatic rings. The summed E-state index contributed by atoms with van der Waals surface area (Å²) in [5.74, 6) is -0.203. The summed E-state index contributed by atoms with van der Waals surface area (Å²) < 4.78 is 4.48. The van der Waals surface area contributed by atoms with E-state index in [2.05, 4.69) is 21.6 Å². The molecule has 1 aromatic heterocycles. The van der Waals surface area contributed by atoms with Crippen LogP contribution in [-0.2, 0) is 0 Å². The Morgan fingerprint density at radius 1 is 1.91 bits per heavy atom. The van der Waals surface area contributed by atoms with Crippen molar-refractivity contribution in [3.8, 4) is 0 Å². The van der Waals surface area contributed by atoms with Crippen LogP contribution in [-0.4, -0.2) is 17.6 Å². The van der Waals surface area contributed by atoms with Gasteiger partial charge >= 0.3 is 0 Å². The summed E-state index contributed by atoms with van der Waals surface area (Å²) in [7, 11) is 0. The highest BCUT2D eigenvalue weighted by atomic mass is 16.5. The zero-order chi connectivity index (χ0) is 8.10. The molecule has 0 spiro atoms. The van der Waals surface area contributed by atoms with Crippen molar-refractivity contribution >= 4 is 5.91 Å². The molecule has 1 N–H and O–H groups in total. The molecule has 0 unspecified atom stereocenters. The number of hydrogen-bond acceptors (Lipinski definition) is 3. The Hall–Kier alpha value is -1.58. The number of carbonyl (C=O) groups is 1. The number of nitrogens with zero attached hydrogens (tertiary/aromatic N) is 1. The standard InChI is InChI=1S/C7H8N2O2/c1-2-3-8-7(10)6-4-9-11-5-6/h2,4-5H,1,3H2,(H,8,10). The van der Waals surface area contributed by atoms with Crippen molar-refractivity contribution in [1.82, 2.24) is 10.5 Å². The monoisotopic (exact) mass is 152 g/mol. The molecule has 4 heteroatoms. The molecule has 11 heavy (non-hydrogen) atoms. The van der Waals surface area contributed by atoms with Gasteiger partial charge in [-0.2, -0.15) is 0 Å². The van der Waals surface area contributed by atoms with Crippen LogP contribution in [0.15, 0.2) is 29.6 Å². The summed E-state index contributed by atoms with van der Waals surface area (Å²) in [4.78, 5) is 11.0. The fraction of sp³-hybridized carbons (Fsp3) is 0.143. The summed E-state index contributed by atoms with van der Waals surface area (Å²) in [6, 6.07) is 0. The zero-order valence-electron chi connectivity index (χ0n) is 5.91. The lowest BCUT2D eigenvalue weighted by atomic mass is 10.3. The molecular weight excluding hydrogens is 144 g/mol. The van der Waals surface area contributed by atoms with Gasteiger partial charge in [0.25, 0.3) is 5.91 Å². The van der Waals surface area contributed by atoms with Crippen molar-refractivity contribution in [3.63, 3.8) is 0 Å². The van der Waals surface area contributed by atoms with Crippen molar-refractivity contribution in [1.29, 1.82) is 0 Å². The Kier molecular flexibility index (Phi) is 2.43. The maximum atomic E-state index is 11.0. The average Bonchev–Trinajstić information content (AvgIpc) is 2.52. The van der Waals surface area contributed by atoms with Crippen LogP contribution in [0.3, 0.4) is 0 Å². The van der Waals surface area contributed by atoms with Crippen molar-refractivity contribution in [2.75, 3.05) is 6.54 Å². The topological polar surface area (TPSA) is 55.1 Å². The molecule has 0 saturated carbocycles. The molecule has 0 saturated heterocycles. The minimum atomic E-state index is -0.203. The van der Waals surface area contributed by atoms with Crippen molar-refractivity contribution < 1.29 is 9.32 Å². The average molecular weight is 152 g/mol. The third-order valence-electron chi connectivity index (χ3n) is 1.10. The predicted octanol–water partition coefficient (Wildman–Crippen LogP) is 0.590. The first kappa shape index (κ1) is 7.53. The molecule has 4 nitrogen and oxygen atoms in total. The second-order valence-electron chi connectivity index (χ2n) is 1.91. The van der Waals surface area contributed by atoms with Crippen LogP contribution in [0.25, 0.3) is 0 Å². The second kappa shape index (κ2) is 3.55. The van der Waals surface area contributed by atoms with Crippen LogP contribution in [0.1, 0.15) is 10.4 Å².